The predicted molar refractivity (Wildman–Crippen MR) is 124 cm³/mol. The molecule has 0 amide bonds. The molecule has 0 fully saturated rings. The number of rotatable bonds is 9. The first-order valence-electron chi connectivity index (χ1n) is 8.96. The highest BCUT2D eigenvalue weighted by Crippen LogP contribution is 2.15. The maximum absolute atomic E-state index is 12.3. The molecule has 0 aliphatic heterocycles. The second-order valence-corrected chi connectivity index (χ2v) is 7.55. The number of hydrogen-bond donors (Lipinski definition) is 1. The first kappa shape index (κ1) is 25.3. The summed E-state index contributed by atoms with van der Waals surface area (Å²) in [5, 5.41) is 3.21. The maximum Gasteiger partial charge on any atom is 0.387 e. The summed E-state index contributed by atoms with van der Waals surface area (Å²) in [5.41, 5.74) is 0.933. The van der Waals surface area contributed by atoms with Gasteiger partial charge in [0.1, 0.15) is 5.75 Å². The number of alkyl halides is 2. The van der Waals surface area contributed by atoms with E-state index >= 15 is 0 Å². The number of ether oxygens (including phenoxy) is 1. The SMILES string of the molecule is CCNC(=NCCS(=O)c1ccccc1)N(C)Cc1ccc(OC(F)F)cc1.I. The van der Waals surface area contributed by atoms with Crippen LogP contribution in [0.3, 0.4) is 0 Å². The van der Waals surface area contributed by atoms with Crippen LogP contribution >= 0.6 is 24.0 Å². The summed E-state index contributed by atoms with van der Waals surface area (Å²) in [6, 6.07) is 15.8. The molecular formula is C20H26F2IN3O2S. The predicted octanol–water partition coefficient (Wildman–Crippen LogP) is 4.11. The van der Waals surface area contributed by atoms with Crippen LogP contribution < -0.4 is 10.1 Å². The van der Waals surface area contributed by atoms with Crippen LogP contribution in [0.1, 0.15) is 12.5 Å². The Labute approximate surface area is 190 Å². The van der Waals surface area contributed by atoms with Crippen LogP contribution in [0, 0.1) is 0 Å². The molecule has 2 rings (SSSR count). The molecule has 0 saturated carbocycles. The van der Waals surface area contributed by atoms with E-state index in [0.29, 0.717) is 31.3 Å². The second-order valence-electron chi connectivity index (χ2n) is 5.98. The normalized spacial score (nSPS) is 12.2. The Bertz CT molecular complexity index is 777. The van der Waals surface area contributed by atoms with E-state index in [-0.39, 0.29) is 29.7 Å². The Morgan fingerprint density at radius 2 is 1.83 bits per heavy atom. The van der Waals surface area contributed by atoms with E-state index < -0.39 is 17.4 Å². The van der Waals surface area contributed by atoms with Gasteiger partial charge in [0.05, 0.1) is 17.3 Å². The summed E-state index contributed by atoms with van der Waals surface area (Å²) in [5.74, 6) is 1.26. The van der Waals surface area contributed by atoms with E-state index in [1.807, 2.05) is 49.2 Å². The molecule has 2 aromatic rings. The standard InChI is InChI=1S/C20H25F2N3O2S.HI/c1-3-23-20(24-13-14-28(26)18-7-5-4-6-8-18)25(2)15-16-9-11-17(12-10-16)27-19(21)22;/h4-12,19H,3,13-15H2,1-2H3,(H,23,24);1H. The first-order chi connectivity index (χ1) is 13.5. The molecule has 29 heavy (non-hydrogen) atoms. The van der Waals surface area contributed by atoms with Gasteiger partial charge in [-0.15, -0.1) is 24.0 Å². The van der Waals surface area contributed by atoms with E-state index in [1.165, 1.54) is 12.1 Å². The lowest BCUT2D eigenvalue weighted by molar-refractivity contribution is -0.0498. The zero-order valence-electron chi connectivity index (χ0n) is 16.4. The topological polar surface area (TPSA) is 53.9 Å². The third-order valence-electron chi connectivity index (χ3n) is 3.81. The minimum atomic E-state index is -2.83. The lowest BCUT2D eigenvalue weighted by atomic mass is 10.2. The van der Waals surface area contributed by atoms with Gasteiger partial charge in [-0.1, -0.05) is 30.3 Å². The monoisotopic (exact) mass is 537 g/mol. The highest BCUT2D eigenvalue weighted by Gasteiger charge is 2.09. The van der Waals surface area contributed by atoms with Crippen molar-refractivity contribution >= 4 is 40.7 Å². The minimum Gasteiger partial charge on any atom is -0.435 e. The van der Waals surface area contributed by atoms with Crippen molar-refractivity contribution in [2.45, 2.75) is 25.0 Å². The summed E-state index contributed by atoms with van der Waals surface area (Å²) >= 11 is 0. The van der Waals surface area contributed by atoms with Gasteiger partial charge in [0.15, 0.2) is 5.96 Å². The Morgan fingerprint density at radius 1 is 1.17 bits per heavy atom. The van der Waals surface area contributed by atoms with E-state index in [4.69, 9.17) is 0 Å². The lowest BCUT2D eigenvalue weighted by Gasteiger charge is -2.22. The fourth-order valence-electron chi connectivity index (χ4n) is 2.52. The molecule has 1 unspecified atom stereocenters. The van der Waals surface area contributed by atoms with Crippen LogP contribution in [0.15, 0.2) is 64.5 Å². The molecule has 9 heteroatoms. The van der Waals surface area contributed by atoms with Crippen molar-refractivity contribution in [3.05, 3.63) is 60.2 Å². The van der Waals surface area contributed by atoms with Crippen LogP contribution in [-0.4, -0.2) is 47.6 Å². The van der Waals surface area contributed by atoms with Crippen LogP contribution in [-0.2, 0) is 17.3 Å². The smallest absolute Gasteiger partial charge is 0.387 e. The van der Waals surface area contributed by atoms with Crippen molar-refractivity contribution in [2.24, 2.45) is 4.99 Å². The largest absolute Gasteiger partial charge is 0.435 e. The number of nitrogens with one attached hydrogen (secondary N) is 1. The van der Waals surface area contributed by atoms with Gasteiger partial charge in [0, 0.05) is 30.8 Å². The molecular weight excluding hydrogens is 511 g/mol. The van der Waals surface area contributed by atoms with Crippen LogP contribution in [0.2, 0.25) is 0 Å². The van der Waals surface area contributed by atoms with E-state index in [1.54, 1.807) is 12.1 Å². The number of guanidine groups is 1. The zero-order chi connectivity index (χ0) is 20.4. The number of aliphatic imine (C=N–C) groups is 1. The Morgan fingerprint density at radius 3 is 2.41 bits per heavy atom. The van der Waals surface area contributed by atoms with Crippen molar-refractivity contribution in [1.29, 1.82) is 0 Å². The van der Waals surface area contributed by atoms with Gasteiger partial charge >= 0.3 is 6.61 Å². The van der Waals surface area contributed by atoms with Gasteiger partial charge < -0.3 is 15.0 Å². The highest BCUT2D eigenvalue weighted by atomic mass is 127. The number of halogens is 3. The maximum atomic E-state index is 12.3. The quantitative estimate of drug-likeness (QED) is 0.297. The molecule has 1 atom stereocenters. The minimum absolute atomic E-state index is 0. The molecule has 5 nitrogen and oxygen atoms in total. The Balaban J connectivity index is 0.00000420. The van der Waals surface area contributed by atoms with Gasteiger partial charge in [0.2, 0.25) is 0 Å². The van der Waals surface area contributed by atoms with Crippen molar-refractivity contribution in [1.82, 2.24) is 10.2 Å². The van der Waals surface area contributed by atoms with Crippen LogP contribution in [0.25, 0.3) is 0 Å². The van der Waals surface area contributed by atoms with E-state index in [2.05, 4.69) is 15.0 Å². The van der Waals surface area contributed by atoms with Crippen molar-refractivity contribution in [3.8, 4) is 5.75 Å². The fourth-order valence-corrected chi connectivity index (χ4v) is 3.47. The lowest BCUT2D eigenvalue weighted by Crippen LogP contribution is -2.38. The summed E-state index contributed by atoms with van der Waals surface area (Å²) in [7, 11) is 0.797. The average Bonchev–Trinajstić information content (AvgIpc) is 2.69. The Hall–Kier alpha value is -1.75. The molecule has 0 saturated heterocycles. The van der Waals surface area contributed by atoms with Crippen LogP contribution in [0.4, 0.5) is 8.78 Å². The first-order valence-corrected chi connectivity index (χ1v) is 10.3. The summed E-state index contributed by atoms with van der Waals surface area (Å²) in [6.07, 6.45) is 0. The molecule has 0 radical (unpaired) electrons. The van der Waals surface area contributed by atoms with Gasteiger partial charge in [-0.3, -0.25) is 9.20 Å². The van der Waals surface area contributed by atoms with Gasteiger partial charge in [-0.25, -0.2) is 0 Å². The summed E-state index contributed by atoms with van der Waals surface area (Å²) in [6.45, 7) is 0.814. The molecule has 0 heterocycles. The van der Waals surface area contributed by atoms with Crippen molar-refractivity contribution in [3.63, 3.8) is 0 Å². The average molecular weight is 537 g/mol. The molecule has 0 aliphatic carbocycles. The third-order valence-corrected chi connectivity index (χ3v) is 5.16. The molecule has 160 valence electrons. The van der Waals surface area contributed by atoms with Crippen molar-refractivity contribution in [2.75, 3.05) is 25.9 Å². The van der Waals surface area contributed by atoms with E-state index in [9.17, 15) is 13.0 Å². The second kappa shape index (κ2) is 13.5. The number of benzene rings is 2. The zero-order valence-corrected chi connectivity index (χ0v) is 19.5. The van der Waals surface area contributed by atoms with Crippen LogP contribution in [0.5, 0.6) is 5.75 Å². The van der Waals surface area contributed by atoms with Gasteiger partial charge in [-0.05, 0) is 36.8 Å². The Kier molecular flexibility index (Phi) is 11.7. The number of hydrogen-bond acceptors (Lipinski definition) is 3. The number of nitrogens with zero attached hydrogens (tertiary/aromatic N) is 2. The summed E-state index contributed by atoms with van der Waals surface area (Å²) < 4.78 is 41.1. The highest BCUT2D eigenvalue weighted by molar-refractivity contribution is 14.0. The molecule has 0 aliphatic rings. The molecule has 2 aromatic carbocycles. The molecule has 0 bridgehead atoms. The molecule has 1 N–H and O–H groups in total. The van der Waals surface area contributed by atoms with Gasteiger partial charge in [-0.2, -0.15) is 8.78 Å². The molecule has 0 spiro atoms. The fraction of sp³-hybridized carbons (Fsp3) is 0.350. The molecule has 0 aromatic heterocycles. The summed E-state index contributed by atoms with van der Waals surface area (Å²) in [4.78, 5) is 7.27. The van der Waals surface area contributed by atoms with Crippen molar-refractivity contribution < 1.29 is 17.7 Å². The van der Waals surface area contributed by atoms with E-state index in [0.717, 1.165) is 10.5 Å². The van der Waals surface area contributed by atoms with Gasteiger partial charge in [0.25, 0.3) is 0 Å². The third kappa shape index (κ3) is 9.07.